The second-order valence-corrected chi connectivity index (χ2v) is 7.59. The standard InChI is InChI=1S/C25H31N5O2/c1-6-30-19(4)21(18(3)29-30)14-15-26-25(28-24(31)20-10-8-7-9-11-20)27-22-16-17(2)12-13-23(22)32-5/h7-13,16H,6,14-15H2,1-5H3,(H2,26,27,28,31). The number of carbonyl (C=O) groups is 1. The van der Waals surface area contributed by atoms with Crippen LogP contribution in [-0.4, -0.2) is 35.3 Å². The zero-order valence-corrected chi connectivity index (χ0v) is 19.4. The van der Waals surface area contributed by atoms with Crippen molar-refractivity contribution in [3.63, 3.8) is 0 Å². The van der Waals surface area contributed by atoms with E-state index in [0.717, 1.165) is 35.6 Å². The van der Waals surface area contributed by atoms with Crippen LogP contribution in [0.3, 0.4) is 0 Å². The number of hydrogen-bond acceptors (Lipinski definition) is 4. The Labute approximate surface area is 189 Å². The maximum atomic E-state index is 12.8. The van der Waals surface area contributed by atoms with E-state index in [-0.39, 0.29) is 5.91 Å². The van der Waals surface area contributed by atoms with Crippen LogP contribution in [0.1, 0.15) is 39.8 Å². The Morgan fingerprint density at radius 1 is 1.12 bits per heavy atom. The largest absolute Gasteiger partial charge is 0.495 e. The van der Waals surface area contributed by atoms with Gasteiger partial charge in [0.2, 0.25) is 5.96 Å². The first-order chi connectivity index (χ1) is 15.4. The van der Waals surface area contributed by atoms with Crippen molar-refractivity contribution in [2.75, 3.05) is 19.0 Å². The monoisotopic (exact) mass is 433 g/mol. The molecule has 0 atom stereocenters. The normalized spacial score (nSPS) is 11.3. The van der Waals surface area contributed by atoms with Gasteiger partial charge in [-0.3, -0.25) is 19.8 Å². The third-order valence-electron chi connectivity index (χ3n) is 5.34. The van der Waals surface area contributed by atoms with Gasteiger partial charge in [-0.25, -0.2) is 0 Å². The average molecular weight is 434 g/mol. The molecule has 0 saturated heterocycles. The molecule has 0 aliphatic rings. The Bertz CT molecular complexity index is 1100. The van der Waals surface area contributed by atoms with E-state index in [0.29, 0.717) is 23.8 Å². The molecular formula is C25H31N5O2. The van der Waals surface area contributed by atoms with Crippen LogP contribution in [0.25, 0.3) is 0 Å². The Kier molecular flexibility index (Phi) is 7.65. The van der Waals surface area contributed by atoms with E-state index in [1.165, 1.54) is 5.56 Å². The van der Waals surface area contributed by atoms with Crippen LogP contribution in [0.2, 0.25) is 0 Å². The molecule has 7 heteroatoms. The zero-order chi connectivity index (χ0) is 23.1. The molecule has 0 unspecified atom stereocenters. The minimum absolute atomic E-state index is 0.227. The van der Waals surface area contributed by atoms with Gasteiger partial charge in [0.1, 0.15) is 5.75 Å². The lowest BCUT2D eigenvalue weighted by atomic mass is 10.1. The summed E-state index contributed by atoms with van der Waals surface area (Å²) in [6, 6.07) is 14.9. The minimum Gasteiger partial charge on any atom is -0.495 e. The predicted octanol–water partition coefficient (Wildman–Crippen LogP) is 4.28. The summed E-state index contributed by atoms with van der Waals surface area (Å²) >= 11 is 0. The number of benzene rings is 2. The van der Waals surface area contributed by atoms with E-state index in [1.807, 2.05) is 54.9 Å². The number of rotatable bonds is 7. The molecule has 0 aliphatic heterocycles. The summed E-state index contributed by atoms with van der Waals surface area (Å²) in [5.74, 6) is 0.823. The van der Waals surface area contributed by atoms with Crippen LogP contribution in [-0.2, 0) is 13.0 Å². The van der Waals surface area contributed by atoms with Crippen LogP contribution < -0.4 is 15.4 Å². The smallest absolute Gasteiger partial charge is 0.257 e. The maximum Gasteiger partial charge on any atom is 0.257 e. The van der Waals surface area contributed by atoms with E-state index in [1.54, 1.807) is 19.2 Å². The molecule has 2 N–H and O–H groups in total. The van der Waals surface area contributed by atoms with Crippen LogP contribution in [0.15, 0.2) is 53.5 Å². The van der Waals surface area contributed by atoms with Crippen molar-refractivity contribution in [3.05, 3.63) is 76.6 Å². The fourth-order valence-corrected chi connectivity index (χ4v) is 3.61. The van der Waals surface area contributed by atoms with E-state index in [4.69, 9.17) is 4.74 Å². The van der Waals surface area contributed by atoms with Crippen molar-refractivity contribution in [3.8, 4) is 5.75 Å². The summed E-state index contributed by atoms with van der Waals surface area (Å²) in [6.07, 6.45) is 0.731. The Morgan fingerprint density at radius 2 is 1.88 bits per heavy atom. The quantitative estimate of drug-likeness (QED) is 0.431. The van der Waals surface area contributed by atoms with Crippen molar-refractivity contribution in [1.82, 2.24) is 15.1 Å². The molecule has 0 spiro atoms. The van der Waals surface area contributed by atoms with Gasteiger partial charge in [-0.05, 0) is 69.5 Å². The van der Waals surface area contributed by atoms with Crippen molar-refractivity contribution in [2.45, 2.75) is 40.7 Å². The Hall–Kier alpha value is -3.61. The van der Waals surface area contributed by atoms with Gasteiger partial charge >= 0.3 is 0 Å². The Balaban J connectivity index is 1.83. The van der Waals surface area contributed by atoms with Gasteiger partial charge in [0.25, 0.3) is 5.91 Å². The summed E-state index contributed by atoms with van der Waals surface area (Å²) in [4.78, 5) is 17.5. The number of aryl methyl sites for hydroxylation is 3. The number of carbonyl (C=O) groups excluding carboxylic acids is 1. The third kappa shape index (κ3) is 5.55. The molecule has 3 aromatic rings. The lowest BCUT2D eigenvalue weighted by molar-refractivity contribution is 0.0977. The molecule has 0 saturated carbocycles. The molecule has 0 bridgehead atoms. The van der Waals surface area contributed by atoms with E-state index < -0.39 is 0 Å². The highest BCUT2D eigenvalue weighted by Crippen LogP contribution is 2.25. The lowest BCUT2D eigenvalue weighted by Gasteiger charge is -2.15. The molecule has 1 heterocycles. The molecule has 168 valence electrons. The fourth-order valence-electron chi connectivity index (χ4n) is 3.61. The summed E-state index contributed by atoms with van der Waals surface area (Å²) < 4.78 is 7.47. The number of nitrogens with one attached hydrogen (secondary N) is 2. The second-order valence-electron chi connectivity index (χ2n) is 7.59. The van der Waals surface area contributed by atoms with E-state index in [2.05, 4.69) is 34.6 Å². The topological polar surface area (TPSA) is 80.5 Å². The number of methoxy groups -OCH3 is 1. The van der Waals surface area contributed by atoms with Gasteiger partial charge < -0.3 is 10.1 Å². The van der Waals surface area contributed by atoms with Gasteiger partial charge in [-0.15, -0.1) is 0 Å². The van der Waals surface area contributed by atoms with Gasteiger partial charge in [0.15, 0.2) is 0 Å². The highest BCUT2D eigenvalue weighted by Gasteiger charge is 2.13. The molecule has 32 heavy (non-hydrogen) atoms. The summed E-state index contributed by atoms with van der Waals surface area (Å²) in [5.41, 5.74) is 5.74. The Morgan fingerprint density at radius 3 is 2.53 bits per heavy atom. The highest BCUT2D eigenvalue weighted by molar-refractivity contribution is 6.10. The summed E-state index contributed by atoms with van der Waals surface area (Å²) in [7, 11) is 1.62. The van der Waals surface area contributed by atoms with E-state index in [9.17, 15) is 4.79 Å². The molecule has 2 aromatic carbocycles. The summed E-state index contributed by atoms with van der Waals surface area (Å²) in [5, 5.41) is 10.7. The number of guanidine groups is 1. The lowest BCUT2D eigenvalue weighted by Crippen LogP contribution is -2.36. The molecule has 0 fully saturated rings. The molecular weight excluding hydrogens is 402 g/mol. The third-order valence-corrected chi connectivity index (χ3v) is 5.34. The van der Waals surface area contributed by atoms with Gasteiger partial charge in [0.05, 0.1) is 18.5 Å². The molecule has 0 aliphatic carbocycles. The molecule has 7 nitrogen and oxygen atoms in total. The first-order valence-corrected chi connectivity index (χ1v) is 10.8. The SMILES string of the molecule is CCn1nc(C)c(CCN=C(NC(=O)c2ccccc2)Nc2cc(C)ccc2OC)c1C. The first kappa shape index (κ1) is 23.1. The first-order valence-electron chi connectivity index (χ1n) is 10.8. The molecule has 3 rings (SSSR count). The number of nitrogens with zero attached hydrogens (tertiary/aromatic N) is 3. The van der Waals surface area contributed by atoms with Gasteiger partial charge in [0, 0.05) is 24.3 Å². The minimum atomic E-state index is -0.227. The number of amides is 1. The van der Waals surface area contributed by atoms with Crippen molar-refractivity contribution < 1.29 is 9.53 Å². The second kappa shape index (κ2) is 10.6. The van der Waals surface area contributed by atoms with Crippen LogP contribution in [0.5, 0.6) is 5.75 Å². The molecule has 0 radical (unpaired) electrons. The highest BCUT2D eigenvalue weighted by atomic mass is 16.5. The maximum absolute atomic E-state index is 12.8. The van der Waals surface area contributed by atoms with Crippen molar-refractivity contribution >= 4 is 17.6 Å². The van der Waals surface area contributed by atoms with Crippen molar-refractivity contribution in [2.24, 2.45) is 4.99 Å². The number of aliphatic imine (C=N–C) groups is 1. The predicted molar refractivity (Wildman–Crippen MR) is 129 cm³/mol. The van der Waals surface area contributed by atoms with Gasteiger partial charge in [-0.1, -0.05) is 24.3 Å². The number of anilines is 1. The van der Waals surface area contributed by atoms with Crippen LogP contribution >= 0.6 is 0 Å². The summed E-state index contributed by atoms with van der Waals surface area (Å²) in [6.45, 7) is 9.52. The van der Waals surface area contributed by atoms with Crippen LogP contribution in [0, 0.1) is 20.8 Å². The van der Waals surface area contributed by atoms with Crippen LogP contribution in [0.4, 0.5) is 5.69 Å². The van der Waals surface area contributed by atoms with E-state index >= 15 is 0 Å². The number of aromatic nitrogens is 2. The number of ether oxygens (including phenoxy) is 1. The molecule has 1 amide bonds. The number of hydrogen-bond donors (Lipinski definition) is 2. The van der Waals surface area contributed by atoms with Gasteiger partial charge in [-0.2, -0.15) is 5.10 Å². The fraction of sp³-hybridized carbons (Fsp3) is 0.320. The average Bonchev–Trinajstić information content (AvgIpc) is 3.07. The van der Waals surface area contributed by atoms with Crippen molar-refractivity contribution in [1.29, 1.82) is 0 Å². The zero-order valence-electron chi connectivity index (χ0n) is 19.4. The molecule has 1 aromatic heterocycles.